The molecule has 1 atom stereocenters. The van der Waals surface area contributed by atoms with E-state index in [-0.39, 0.29) is 18.4 Å². The highest BCUT2D eigenvalue weighted by molar-refractivity contribution is 5.75. The highest BCUT2D eigenvalue weighted by Gasteiger charge is 2.10. The van der Waals surface area contributed by atoms with Crippen molar-refractivity contribution in [3.63, 3.8) is 0 Å². The van der Waals surface area contributed by atoms with Crippen LogP contribution in [0.15, 0.2) is 30.3 Å². The molecule has 1 unspecified atom stereocenters. The van der Waals surface area contributed by atoms with Crippen molar-refractivity contribution in [1.29, 1.82) is 0 Å². The zero-order valence-corrected chi connectivity index (χ0v) is 8.07. The number of amides is 1. The van der Waals surface area contributed by atoms with Crippen molar-refractivity contribution in [2.45, 2.75) is 12.5 Å². The third-order valence-electron chi connectivity index (χ3n) is 1.85. The fraction of sp³-hybridized carbons (Fsp3) is 0.300. The molecule has 0 spiro atoms. The van der Waals surface area contributed by atoms with Crippen LogP contribution in [0.2, 0.25) is 0 Å². The predicted octanol–water partition coefficient (Wildman–Crippen LogP) is 0.754. The molecule has 0 aliphatic carbocycles. The summed E-state index contributed by atoms with van der Waals surface area (Å²) in [6.07, 6.45) is 0.220. The van der Waals surface area contributed by atoms with E-state index in [2.05, 4.69) is 10.3 Å². The van der Waals surface area contributed by atoms with Gasteiger partial charge in [0.05, 0.1) is 7.11 Å². The number of hydroxylamine groups is 1. The van der Waals surface area contributed by atoms with Gasteiger partial charge in [-0.15, -0.1) is 0 Å². The average molecular weight is 194 g/mol. The number of rotatable bonds is 4. The predicted molar refractivity (Wildman–Crippen MR) is 53.1 cm³/mol. The van der Waals surface area contributed by atoms with Crippen molar-refractivity contribution in [2.75, 3.05) is 7.11 Å². The molecule has 76 valence electrons. The first-order valence-electron chi connectivity index (χ1n) is 4.36. The van der Waals surface area contributed by atoms with Crippen molar-refractivity contribution >= 4 is 5.91 Å². The van der Waals surface area contributed by atoms with Crippen LogP contribution in [-0.4, -0.2) is 13.0 Å². The lowest BCUT2D eigenvalue weighted by Gasteiger charge is -2.10. The quantitative estimate of drug-likeness (QED) is 0.695. The first-order chi connectivity index (χ1) is 6.74. The van der Waals surface area contributed by atoms with Gasteiger partial charge in [0.25, 0.3) is 0 Å². The molecule has 1 rings (SSSR count). The Balaban J connectivity index is 2.50. The van der Waals surface area contributed by atoms with Gasteiger partial charge in [0.2, 0.25) is 5.91 Å². The maximum Gasteiger partial charge on any atom is 0.245 e. The van der Waals surface area contributed by atoms with Crippen LogP contribution < -0.4 is 11.2 Å². The molecule has 0 aliphatic heterocycles. The standard InChI is InChI=1S/C10H14N2O2/c1-14-12-10(13)7-9(11)8-5-3-2-4-6-8/h2-6,9H,7,11H2,1H3,(H,12,13). The fourth-order valence-corrected chi connectivity index (χ4v) is 1.17. The lowest BCUT2D eigenvalue weighted by Crippen LogP contribution is -2.26. The van der Waals surface area contributed by atoms with E-state index in [0.717, 1.165) is 5.56 Å². The zero-order valence-electron chi connectivity index (χ0n) is 8.07. The molecule has 14 heavy (non-hydrogen) atoms. The maximum absolute atomic E-state index is 11.1. The topological polar surface area (TPSA) is 64.3 Å². The van der Waals surface area contributed by atoms with Crippen LogP contribution in [0.25, 0.3) is 0 Å². The molecule has 0 heterocycles. The molecule has 4 nitrogen and oxygen atoms in total. The number of carbonyl (C=O) groups is 1. The summed E-state index contributed by atoms with van der Waals surface area (Å²) in [6, 6.07) is 9.19. The molecule has 0 fully saturated rings. The van der Waals surface area contributed by atoms with E-state index < -0.39 is 0 Å². The monoisotopic (exact) mass is 194 g/mol. The molecule has 1 aromatic rings. The van der Waals surface area contributed by atoms with Gasteiger partial charge < -0.3 is 5.73 Å². The largest absolute Gasteiger partial charge is 0.324 e. The maximum atomic E-state index is 11.1. The SMILES string of the molecule is CONC(=O)CC(N)c1ccccc1. The summed E-state index contributed by atoms with van der Waals surface area (Å²) in [4.78, 5) is 15.6. The molecular formula is C10H14N2O2. The summed E-state index contributed by atoms with van der Waals surface area (Å²) >= 11 is 0. The molecule has 3 N–H and O–H groups in total. The summed E-state index contributed by atoms with van der Waals surface area (Å²) in [5, 5.41) is 0. The van der Waals surface area contributed by atoms with E-state index in [1.165, 1.54) is 7.11 Å². The first kappa shape index (κ1) is 10.7. The van der Waals surface area contributed by atoms with Crippen LogP contribution in [-0.2, 0) is 9.63 Å². The summed E-state index contributed by atoms with van der Waals surface area (Å²) in [5.74, 6) is -0.219. The minimum Gasteiger partial charge on any atom is -0.324 e. The molecule has 0 radical (unpaired) electrons. The number of hydrogen-bond donors (Lipinski definition) is 2. The third-order valence-corrected chi connectivity index (χ3v) is 1.85. The Morgan fingerprint density at radius 2 is 2.14 bits per heavy atom. The second kappa shape index (κ2) is 5.36. The number of nitrogens with two attached hydrogens (primary N) is 1. The number of hydrogen-bond acceptors (Lipinski definition) is 3. The second-order valence-electron chi connectivity index (χ2n) is 2.95. The van der Waals surface area contributed by atoms with E-state index in [4.69, 9.17) is 5.73 Å². The zero-order chi connectivity index (χ0) is 10.4. The van der Waals surface area contributed by atoms with Gasteiger partial charge in [0, 0.05) is 12.5 Å². The molecule has 0 saturated carbocycles. The lowest BCUT2D eigenvalue weighted by atomic mass is 10.1. The Hall–Kier alpha value is -1.39. The fourth-order valence-electron chi connectivity index (χ4n) is 1.17. The average Bonchev–Trinajstić information content (AvgIpc) is 2.19. The third kappa shape index (κ3) is 3.16. The highest BCUT2D eigenvalue weighted by Crippen LogP contribution is 2.12. The number of carbonyl (C=O) groups excluding carboxylic acids is 1. The minimum atomic E-state index is -0.286. The van der Waals surface area contributed by atoms with Gasteiger partial charge in [-0.05, 0) is 5.56 Å². The molecule has 1 aromatic carbocycles. The second-order valence-corrected chi connectivity index (χ2v) is 2.95. The van der Waals surface area contributed by atoms with Crippen LogP contribution in [0.3, 0.4) is 0 Å². The van der Waals surface area contributed by atoms with E-state index in [1.807, 2.05) is 30.3 Å². The molecule has 4 heteroatoms. The van der Waals surface area contributed by atoms with Crippen molar-refractivity contribution in [2.24, 2.45) is 5.73 Å². The van der Waals surface area contributed by atoms with Crippen molar-refractivity contribution in [3.8, 4) is 0 Å². The Kier molecular flexibility index (Phi) is 4.10. The van der Waals surface area contributed by atoms with Crippen LogP contribution in [0.4, 0.5) is 0 Å². The molecule has 0 aromatic heterocycles. The molecule has 1 amide bonds. The van der Waals surface area contributed by atoms with Gasteiger partial charge in [-0.25, -0.2) is 5.48 Å². The van der Waals surface area contributed by atoms with E-state index >= 15 is 0 Å². The van der Waals surface area contributed by atoms with Crippen LogP contribution in [0.5, 0.6) is 0 Å². The summed E-state index contributed by atoms with van der Waals surface area (Å²) in [5.41, 5.74) is 8.98. The van der Waals surface area contributed by atoms with E-state index in [1.54, 1.807) is 0 Å². The Morgan fingerprint density at radius 1 is 1.50 bits per heavy atom. The lowest BCUT2D eigenvalue weighted by molar-refractivity contribution is -0.131. The van der Waals surface area contributed by atoms with Crippen molar-refractivity contribution < 1.29 is 9.63 Å². The van der Waals surface area contributed by atoms with Crippen molar-refractivity contribution in [1.82, 2.24) is 5.48 Å². The van der Waals surface area contributed by atoms with Crippen LogP contribution >= 0.6 is 0 Å². The molecule has 0 aliphatic rings. The van der Waals surface area contributed by atoms with Crippen LogP contribution in [0, 0.1) is 0 Å². The summed E-state index contributed by atoms with van der Waals surface area (Å²) < 4.78 is 0. The number of nitrogens with one attached hydrogen (secondary N) is 1. The molecular weight excluding hydrogens is 180 g/mol. The number of benzene rings is 1. The summed E-state index contributed by atoms with van der Waals surface area (Å²) in [7, 11) is 1.39. The van der Waals surface area contributed by atoms with Gasteiger partial charge in [-0.1, -0.05) is 30.3 Å². The Morgan fingerprint density at radius 3 is 2.71 bits per heavy atom. The minimum absolute atomic E-state index is 0.219. The van der Waals surface area contributed by atoms with Crippen LogP contribution in [0.1, 0.15) is 18.0 Å². The molecule has 0 saturated heterocycles. The van der Waals surface area contributed by atoms with E-state index in [9.17, 15) is 4.79 Å². The van der Waals surface area contributed by atoms with E-state index in [0.29, 0.717) is 0 Å². The van der Waals surface area contributed by atoms with Crippen molar-refractivity contribution in [3.05, 3.63) is 35.9 Å². The Bertz CT molecular complexity index is 287. The Labute approximate surface area is 83.0 Å². The normalized spacial score (nSPS) is 12.1. The first-order valence-corrected chi connectivity index (χ1v) is 4.36. The van der Waals surface area contributed by atoms with Gasteiger partial charge >= 0.3 is 0 Å². The smallest absolute Gasteiger partial charge is 0.245 e. The highest BCUT2D eigenvalue weighted by atomic mass is 16.6. The molecule has 0 bridgehead atoms. The van der Waals surface area contributed by atoms with Gasteiger partial charge in [0.1, 0.15) is 0 Å². The van der Waals surface area contributed by atoms with Gasteiger partial charge in [-0.3, -0.25) is 9.63 Å². The summed E-state index contributed by atoms with van der Waals surface area (Å²) in [6.45, 7) is 0. The van der Waals surface area contributed by atoms with Gasteiger partial charge in [-0.2, -0.15) is 0 Å². The van der Waals surface area contributed by atoms with Gasteiger partial charge in [0.15, 0.2) is 0 Å².